The molecule has 5 nitrogen and oxygen atoms in total. The van der Waals surface area contributed by atoms with Crippen molar-refractivity contribution in [2.75, 3.05) is 20.2 Å². The van der Waals surface area contributed by atoms with Crippen molar-refractivity contribution < 1.29 is 14.6 Å². The van der Waals surface area contributed by atoms with Crippen LogP contribution in [0.25, 0.3) is 0 Å². The highest BCUT2D eigenvalue weighted by Crippen LogP contribution is 2.16. The average molecular weight is 351 g/mol. The molecule has 0 fully saturated rings. The fourth-order valence-corrected chi connectivity index (χ4v) is 1.96. The molecule has 6 heteroatoms. The number of hydrogen-bond acceptors (Lipinski definition) is 4. The lowest BCUT2D eigenvalue weighted by Crippen LogP contribution is -2.30. The van der Waals surface area contributed by atoms with Gasteiger partial charge in [0.25, 0.3) is 5.91 Å². The van der Waals surface area contributed by atoms with Gasteiger partial charge in [-0.05, 0) is 30.3 Å². The predicted molar refractivity (Wildman–Crippen MR) is 82.5 cm³/mol. The zero-order valence-corrected chi connectivity index (χ0v) is 13.1. The average Bonchev–Trinajstić information content (AvgIpc) is 2.48. The third-order valence-electron chi connectivity index (χ3n) is 2.83. The van der Waals surface area contributed by atoms with E-state index in [9.17, 15) is 9.90 Å². The molecule has 2 rings (SSSR count). The van der Waals surface area contributed by atoms with Crippen LogP contribution in [-0.2, 0) is 0 Å². The Kier molecular flexibility index (Phi) is 5.16. The summed E-state index contributed by atoms with van der Waals surface area (Å²) in [5, 5.41) is 9.33. The van der Waals surface area contributed by atoms with Crippen molar-refractivity contribution in [2.45, 2.75) is 0 Å². The highest BCUT2D eigenvalue weighted by molar-refractivity contribution is 9.10. The van der Waals surface area contributed by atoms with Gasteiger partial charge in [0, 0.05) is 17.7 Å². The highest BCUT2D eigenvalue weighted by Gasteiger charge is 2.12. The molecule has 0 saturated carbocycles. The van der Waals surface area contributed by atoms with Gasteiger partial charge in [0.2, 0.25) is 0 Å². The van der Waals surface area contributed by atoms with E-state index >= 15 is 0 Å². The number of pyridine rings is 1. The number of ether oxygens (including phenoxy) is 1. The summed E-state index contributed by atoms with van der Waals surface area (Å²) >= 11 is 3.35. The minimum absolute atomic E-state index is 0.0274. The molecule has 0 bridgehead atoms. The molecule has 0 atom stereocenters. The number of halogens is 1. The summed E-state index contributed by atoms with van der Waals surface area (Å²) in [6.45, 7) is 0.820. The molecule has 0 spiro atoms. The number of aromatic hydroxyl groups is 1. The zero-order valence-electron chi connectivity index (χ0n) is 11.5. The van der Waals surface area contributed by atoms with Crippen LogP contribution in [0.15, 0.2) is 47.2 Å². The molecule has 1 aromatic heterocycles. The quantitative estimate of drug-likeness (QED) is 0.900. The van der Waals surface area contributed by atoms with E-state index in [1.54, 1.807) is 7.05 Å². The first-order valence-electron chi connectivity index (χ1n) is 6.34. The van der Waals surface area contributed by atoms with Gasteiger partial charge >= 0.3 is 0 Å². The lowest BCUT2D eigenvalue weighted by Gasteiger charge is -2.17. The monoisotopic (exact) mass is 350 g/mol. The Morgan fingerprint density at radius 1 is 1.33 bits per heavy atom. The minimum Gasteiger partial charge on any atom is -0.506 e. The van der Waals surface area contributed by atoms with Crippen molar-refractivity contribution in [1.82, 2.24) is 9.88 Å². The van der Waals surface area contributed by atoms with Crippen LogP contribution in [0, 0.1) is 0 Å². The first-order valence-corrected chi connectivity index (χ1v) is 7.13. The van der Waals surface area contributed by atoms with Crippen LogP contribution in [0.4, 0.5) is 0 Å². The molecule has 1 aromatic carbocycles. The molecule has 0 radical (unpaired) electrons. The Morgan fingerprint density at radius 2 is 2.05 bits per heavy atom. The van der Waals surface area contributed by atoms with Gasteiger partial charge in [-0.25, -0.2) is 0 Å². The predicted octanol–water partition coefficient (Wildman–Crippen LogP) is 2.70. The molecule has 21 heavy (non-hydrogen) atoms. The van der Waals surface area contributed by atoms with Crippen LogP contribution < -0.4 is 4.74 Å². The van der Waals surface area contributed by atoms with Crippen molar-refractivity contribution in [3.63, 3.8) is 0 Å². The van der Waals surface area contributed by atoms with Gasteiger partial charge in [0.1, 0.15) is 18.1 Å². The van der Waals surface area contributed by atoms with E-state index < -0.39 is 0 Å². The molecule has 1 N–H and O–H groups in total. The van der Waals surface area contributed by atoms with Gasteiger partial charge in [-0.1, -0.05) is 15.9 Å². The number of aromatic nitrogens is 1. The standard InChI is InChI=1S/C15H15BrN2O3/c1-18(15(20)11-8-13(19)10-17-9-11)6-7-21-14-4-2-12(16)3-5-14/h2-5,8-10,19H,6-7H2,1H3. The summed E-state index contributed by atoms with van der Waals surface area (Å²) in [5.74, 6) is 0.510. The van der Waals surface area contributed by atoms with Gasteiger partial charge in [0.15, 0.2) is 0 Å². The van der Waals surface area contributed by atoms with E-state index in [0.29, 0.717) is 18.7 Å². The number of carbonyl (C=O) groups is 1. The van der Waals surface area contributed by atoms with Gasteiger partial charge < -0.3 is 14.7 Å². The van der Waals surface area contributed by atoms with Crippen LogP contribution >= 0.6 is 15.9 Å². The van der Waals surface area contributed by atoms with Crippen molar-refractivity contribution in [2.24, 2.45) is 0 Å². The van der Waals surface area contributed by atoms with E-state index in [1.807, 2.05) is 24.3 Å². The summed E-state index contributed by atoms with van der Waals surface area (Å²) in [5.41, 5.74) is 0.348. The summed E-state index contributed by atoms with van der Waals surface area (Å²) in [6.07, 6.45) is 2.71. The topological polar surface area (TPSA) is 62.7 Å². The number of amides is 1. The number of benzene rings is 1. The Bertz CT molecular complexity index is 617. The van der Waals surface area contributed by atoms with Crippen molar-refractivity contribution in [3.05, 3.63) is 52.8 Å². The van der Waals surface area contributed by atoms with Gasteiger partial charge in [-0.2, -0.15) is 0 Å². The number of nitrogens with zero attached hydrogens (tertiary/aromatic N) is 2. The van der Waals surface area contributed by atoms with Crippen molar-refractivity contribution in [3.8, 4) is 11.5 Å². The molecule has 110 valence electrons. The normalized spacial score (nSPS) is 10.2. The Hall–Kier alpha value is -2.08. The zero-order chi connectivity index (χ0) is 15.2. The second-order valence-corrected chi connectivity index (χ2v) is 5.38. The van der Waals surface area contributed by atoms with Crippen LogP contribution in [0.1, 0.15) is 10.4 Å². The Labute approximate surface area is 131 Å². The lowest BCUT2D eigenvalue weighted by atomic mass is 10.2. The third kappa shape index (κ3) is 4.46. The minimum atomic E-state index is -0.210. The molecule has 1 amide bonds. The van der Waals surface area contributed by atoms with E-state index in [2.05, 4.69) is 20.9 Å². The number of hydrogen-bond donors (Lipinski definition) is 1. The molecular weight excluding hydrogens is 336 g/mol. The van der Waals surface area contributed by atoms with Crippen LogP contribution in [0.2, 0.25) is 0 Å². The van der Waals surface area contributed by atoms with Crippen molar-refractivity contribution in [1.29, 1.82) is 0 Å². The number of carbonyl (C=O) groups excluding carboxylic acids is 1. The highest BCUT2D eigenvalue weighted by atomic mass is 79.9. The molecular formula is C15H15BrN2O3. The van der Waals surface area contributed by atoms with E-state index in [0.717, 1.165) is 10.2 Å². The largest absolute Gasteiger partial charge is 0.506 e. The maximum absolute atomic E-state index is 12.1. The van der Waals surface area contributed by atoms with E-state index in [-0.39, 0.29) is 11.7 Å². The maximum Gasteiger partial charge on any atom is 0.255 e. The summed E-state index contributed by atoms with van der Waals surface area (Å²) in [4.78, 5) is 17.4. The first-order chi connectivity index (χ1) is 10.1. The maximum atomic E-state index is 12.1. The molecule has 0 saturated heterocycles. The van der Waals surface area contributed by atoms with Crippen LogP contribution in [0.5, 0.6) is 11.5 Å². The second-order valence-electron chi connectivity index (χ2n) is 4.46. The molecule has 0 aliphatic heterocycles. The Morgan fingerprint density at radius 3 is 2.71 bits per heavy atom. The molecule has 1 heterocycles. The van der Waals surface area contributed by atoms with Crippen LogP contribution in [0.3, 0.4) is 0 Å². The van der Waals surface area contributed by atoms with Gasteiger partial charge in [-0.3, -0.25) is 9.78 Å². The molecule has 0 aliphatic rings. The van der Waals surface area contributed by atoms with E-state index in [4.69, 9.17) is 4.74 Å². The Balaban J connectivity index is 1.85. The fraction of sp³-hybridized carbons (Fsp3) is 0.200. The number of rotatable bonds is 5. The molecule has 0 aliphatic carbocycles. The third-order valence-corrected chi connectivity index (χ3v) is 3.36. The van der Waals surface area contributed by atoms with Gasteiger partial charge in [0.05, 0.1) is 18.3 Å². The lowest BCUT2D eigenvalue weighted by molar-refractivity contribution is 0.0773. The molecule has 0 unspecified atom stereocenters. The smallest absolute Gasteiger partial charge is 0.255 e. The van der Waals surface area contributed by atoms with E-state index in [1.165, 1.54) is 23.4 Å². The number of likely N-dealkylation sites (N-methyl/N-ethyl adjacent to an activating group) is 1. The molecule has 2 aromatic rings. The van der Waals surface area contributed by atoms with Crippen LogP contribution in [-0.4, -0.2) is 41.1 Å². The summed E-state index contributed by atoms with van der Waals surface area (Å²) in [7, 11) is 1.68. The first kappa shape index (κ1) is 15.3. The second kappa shape index (κ2) is 7.08. The van der Waals surface area contributed by atoms with Gasteiger partial charge in [-0.15, -0.1) is 0 Å². The summed E-state index contributed by atoms with van der Waals surface area (Å²) in [6, 6.07) is 8.88. The fourth-order valence-electron chi connectivity index (χ4n) is 1.70. The summed E-state index contributed by atoms with van der Waals surface area (Å²) < 4.78 is 6.55. The van der Waals surface area contributed by atoms with Crippen molar-refractivity contribution >= 4 is 21.8 Å². The SMILES string of the molecule is CN(CCOc1ccc(Br)cc1)C(=O)c1cncc(O)c1.